The highest BCUT2D eigenvalue weighted by Crippen LogP contribution is 2.21. The number of aliphatic hydroxyl groups is 1. The van der Waals surface area contributed by atoms with Crippen molar-refractivity contribution < 1.29 is 25.2 Å². The molecule has 0 heterocycles. The average Bonchev–Trinajstić information content (AvgIpc) is 2.01. The van der Waals surface area contributed by atoms with E-state index in [1.165, 1.54) is 12.1 Å². The van der Waals surface area contributed by atoms with Crippen LogP contribution in [-0.2, 0) is 11.2 Å². The molecule has 1 aromatic carbocycles. The van der Waals surface area contributed by atoms with E-state index in [0.29, 0.717) is 5.56 Å². The third-order valence-corrected chi connectivity index (χ3v) is 1.66. The van der Waals surface area contributed by atoms with E-state index in [2.05, 4.69) is 0 Å². The highest BCUT2D eigenvalue weighted by molar-refractivity contribution is 5.70. The Morgan fingerprint density at radius 2 is 1.79 bits per heavy atom. The highest BCUT2D eigenvalue weighted by Gasteiger charge is 2.07. The summed E-state index contributed by atoms with van der Waals surface area (Å²) in [5.74, 6) is -1.97. The Kier molecular flexibility index (Phi) is 2.93. The quantitative estimate of drug-likeness (QED) is 0.562. The molecule has 76 valence electrons. The van der Waals surface area contributed by atoms with Crippen LogP contribution in [0.5, 0.6) is 11.5 Å². The minimum atomic E-state index is -1.64. The van der Waals surface area contributed by atoms with E-state index in [1.807, 2.05) is 0 Å². The number of hydrogen-bond acceptors (Lipinski definition) is 5. The van der Waals surface area contributed by atoms with Crippen molar-refractivity contribution in [1.29, 1.82) is 0 Å². The number of hydrogen-bond donors (Lipinski definition) is 3. The third kappa shape index (κ3) is 2.63. The Morgan fingerprint density at radius 3 is 2.21 bits per heavy atom. The van der Waals surface area contributed by atoms with Gasteiger partial charge in [0.15, 0.2) is 0 Å². The molecule has 0 saturated carbocycles. The van der Waals surface area contributed by atoms with Gasteiger partial charge in [-0.15, -0.1) is 0 Å². The lowest BCUT2D eigenvalue weighted by Gasteiger charge is -2.11. The fraction of sp³-hybridized carbons (Fsp3) is 0.222. The van der Waals surface area contributed by atoms with E-state index in [1.54, 1.807) is 0 Å². The molecular weight excluding hydrogens is 188 g/mol. The predicted molar refractivity (Wildman–Crippen MR) is 44.5 cm³/mol. The maximum atomic E-state index is 10.2. The number of carboxylic acids is 1. The number of carboxylic acid groups (broad SMARTS) is 1. The Labute approximate surface area is 79.9 Å². The normalized spacial score (nSPS) is 12.4. The fourth-order valence-electron chi connectivity index (χ4n) is 1.08. The van der Waals surface area contributed by atoms with Crippen molar-refractivity contribution in [3.8, 4) is 11.5 Å². The molecule has 0 bridgehead atoms. The van der Waals surface area contributed by atoms with Crippen LogP contribution in [0.25, 0.3) is 0 Å². The highest BCUT2D eigenvalue weighted by atomic mass is 16.4. The van der Waals surface area contributed by atoms with E-state index in [4.69, 9.17) is 15.3 Å². The molecule has 0 radical (unpaired) electrons. The van der Waals surface area contributed by atoms with Crippen molar-refractivity contribution in [3.63, 3.8) is 0 Å². The number of rotatable bonds is 3. The monoisotopic (exact) mass is 197 g/mol. The molecule has 0 amide bonds. The summed E-state index contributed by atoms with van der Waals surface area (Å²) < 4.78 is 0. The topological polar surface area (TPSA) is 101 Å². The Morgan fingerprint density at radius 1 is 1.29 bits per heavy atom. The minimum absolute atomic E-state index is 0.189. The van der Waals surface area contributed by atoms with Crippen molar-refractivity contribution in [3.05, 3.63) is 23.8 Å². The van der Waals surface area contributed by atoms with Crippen LogP contribution in [0.1, 0.15) is 5.56 Å². The van der Waals surface area contributed by atoms with Crippen LogP contribution in [-0.4, -0.2) is 27.4 Å². The first kappa shape index (κ1) is 10.3. The number of aliphatic carboxylic acids is 1. The van der Waals surface area contributed by atoms with Crippen molar-refractivity contribution in [2.45, 2.75) is 12.5 Å². The molecule has 0 saturated heterocycles. The molecule has 0 aliphatic heterocycles. The minimum Gasteiger partial charge on any atom is -0.547 e. The van der Waals surface area contributed by atoms with E-state index in [-0.39, 0.29) is 17.9 Å². The van der Waals surface area contributed by atoms with Crippen LogP contribution in [0.15, 0.2) is 18.2 Å². The van der Waals surface area contributed by atoms with Gasteiger partial charge < -0.3 is 25.2 Å². The number of phenols is 2. The maximum Gasteiger partial charge on any atom is 0.119 e. The molecule has 1 unspecified atom stereocenters. The number of carbonyl (C=O) groups is 1. The second kappa shape index (κ2) is 3.97. The molecule has 3 N–H and O–H groups in total. The number of carbonyl (C=O) groups excluding carboxylic acids is 1. The lowest BCUT2D eigenvalue weighted by Crippen LogP contribution is -2.36. The summed E-state index contributed by atoms with van der Waals surface area (Å²) in [4.78, 5) is 10.2. The summed E-state index contributed by atoms with van der Waals surface area (Å²) in [6.07, 6.45) is -1.86. The summed E-state index contributed by atoms with van der Waals surface area (Å²) >= 11 is 0. The number of benzene rings is 1. The Hall–Kier alpha value is -1.75. The first-order valence-corrected chi connectivity index (χ1v) is 3.90. The molecule has 0 aliphatic carbocycles. The van der Waals surface area contributed by atoms with Crippen LogP contribution in [0.3, 0.4) is 0 Å². The van der Waals surface area contributed by atoms with Gasteiger partial charge in [-0.05, 0) is 17.7 Å². The zero-order valence-corrected chi connectivity index (χ0v) is 7.17. The van der Waals surface area contributed by atoms with E-state index < -0.39 is 12.1 Å². The number of aromatic hydroxyl groups is 2. The standard InChI is InChI=1S/C9H10O5/c10-6-1-5(2-7(11)4-6)3-8(12)9(13)14/h1-2,4,8,10-12H,3H2,(H,13,14)/p-1. The van der Waals surface area contributed by atoms with Gasteiger partial charge >= 0.3 is 0 Å². The van der Waals surface area contributed by atoms with Crippen molar-refractivity contribution in [2.75, 3.05) is 0 Å². The summed E-state index contributed by atoms with van der Waals surface area (Å²) in [5, 5.41) is 37.2. The predicted octanol–water partition coefficient (Wildman–Crippen LogP) is -1.25. The van der Waals surface area contributed by atoms with Gasteiger partial charge in [-0.1, -0.05) is 0 Å². The molecule has 0 aliphatic rings. The summed E-state index contributed by atoms with van der Waals surface area (Å²) in [6, 6.07) is 3.62. The molecule has 5 nitrogen and oxygen atoms in total. The van der Waals surface area contributed by atoms with Gasteiger partial charge in [0.05, 0.1) is 12.1 Å². The molecule has 0 fully saturated rings. The van der Waals surface area contributed by atoms with Gasteiger partial charge in [0.1, 0.15) is 11.5 Å². The molecule has 1 atom stereocenters. The number of aliphatic hydroxyl groups excluding tert-OH is 1. The van der Waals surface area contributed by atoms with Gasteiger partial charge in [0.25, 0.3) is 0 Å². The van der Waals surface area contributed by atoms with E-state index in [9.17, 15) is 9.90 Å². The van der Waals surface area contributed by atoms with Crippen molar-refractivity contribution in [1.82, 2.24) is 0 Å². The van der Waals surface area contributed by atoms with Gasteiger partial charge in [0.2, 0.25) is 0 Å². The van der Waals surface area contributed by atoms with Crippen LogP contribution in [0.4, 0.5) is 0 Å². The molecule has 0 spiro atoms. The molecule has 0 aromatic heterocycles. The largest absolute Gasteiger partial charge is 0.547 e. The molecular formula is C9H9O5-. The summed E-state index contributed by atoms with van der Waals surface area (Å²) in [5.41, 5.74) is 0.319. The summed E-state index contributed by atoms with van der Waals surface area (Å²) in [7, 11) is 0. The van der Waals surface area contributed by atoms with Crippen LogP contribution in [0, 0.1) is 0 Å². The molecule has 1 aromatic rings. The smallest absolute Gasteiger partial charge is 0.119 e. The molecule has 1 rings (SSSR count). The second-order valence-corrected chi connectivity index (χ2v) is 2.90. The SMILES string of the molecule is O=C([O-])C(O)Cc1cc(O)cc(O)c1. The molecule has 14 heavy (non-hydrogen) atoms. The average molecular weight is 197 g/mol. The van der Waals surface area contributed by atoms with Gasteiger partial charge in [-0.25, -0.2) is 0 Å². The van der Waals surface area contributed by atoms with E-state index in [0.717, 1.165) is 6.07 Å². The second-order valence-electron chi connectivity index (χ2n) is 2.90. The lowest BCUT2D eigenvalue weighted by atomic mass is 10.1. The van der Waals surface area contributed by atoms with Gasteiger partial charge in [-0.2, -0.15) is 0 Å². The van der Waals surface area contributed by atoms with Crippen LogP contribution >= 0.6 is 0 Å². The first-order chi connectivity index (χ1) is 6.49. The van der Waals surface area contributed by atoms with Gasteiger partial charge in [0, 0.05) is 12.5 Å². The van der Waals surface area contributed by atoms with Crippen LogP contribution < -0.4 is 5.11 Å². The Balaban J connectivity index is 2.81. The van der Waals surface area contributed by atoms with Gasteiger partial charge in [-0.3, -0.25) is 0 Å². The third-order valence-electron chi connectivity index (χ3n) is 1.66. The number of phenolic OH excluding ortho intramolecular Hbond substituents is 2. The van der Waals surface area contributed by atoms with Crippen molar-refractivity contribution >= 4 is 5.97 Å². The Bertz CT molecular complexity index is 327. The van der Waals surface area contributed by atoms with E-state index >= 15 is 0 Å². The lowest BCUT2D eigenvalue weighted by molar-refractivity contribution is -0.314. The van der Waals surface area contributed by atoms with Crippen molar-refractivity contribution in [2.24, 2.45) is 0 Å². The fourth-order valence-corrected chi connectivity index (χ4v) is 1.08. The molecule has 5 heteroatoms. The maximum absolute atomic E-state index is 10.2. The van der Waals surface area contributed by atoms with Crippen LogP contribution in [0.2, 0.25) is 0 Å². The zero-order valence-electron chi connectivity index (χ0n) is 7.17. The zero-order chi connectivity index (χ0) is 10.7. The summed E-state index contributed by atoms with van der Waals surface area (Å²) in [6.45, 7) is 0. The first-order valence-electron chi connectivity index (χ1n) is 3.90.